The largest absolute Gasteiger partial charge is 0.317 e. The molecule has 0 atom stereocenters. The highest BCUT2D eigenvalue weighted by molar-refractivity contribution is 6.44. The summed E-state index contributed by atoms with van der Waals surface area (Å²) in [5.74, 6) is -1.27. The van der Waals surface area contributed by atoms with Crippen LogP contribution >= 0.6 is 0 Å². The molecule has 0 saturated heterocycles. The maximum Gasteiger partial charge on any atom is 0.316 e. The van der Waals surface area contributed by atoms with E-state index < -0.39 is 11.8 Å². The van der Waals surface area contributed by atoms with E-state index in [1.54, 1.807) is 6.07 Å². The van der Waals surface area contributed by atoms with E-state index in [-0.39, 0.29) is 0 Å². The normalized spacial score (nSPS) is 10.5. The van der Waals surface area contributed by atoms with Crippen LogP contribution in [0, 0.1) is 0 Å². The molecule has 0 unspecified atom stereocenters. The van der Waals surface area contributed by atoms with Crippen molar-refractivity contribution in [2.75, 3.05) is 10.2 Å². The van der Waals surface area contributed by atoms with Gasteiger partial charge in [-0.25, -0.2) is 0 Å². The Morgan fingerprint density at radius 3 is 2.07 bits per heavy atom. The minimum absolute atomic E-state index is 0.312. The zero-order valence-corrected chi connectivity index (χ0v) is 15.8. The maximum atomic E-state index is 13.1. The summed E-state index contributed by atoms with van der Waals surface area (Å²) in [6.45, 7) is 0.312. The Labute approximate surface area is 169 Å². The number of carbonyl (C=O) groups excluding carboxylic acids is 2. The Bertz CT molecular complexity index is 1140. The molecule has 4 rings (SSSR count). The predicted molar refractivity (Wildman–Crippen MR) is 117 cm³/mol. The van der Waals surface area contributed by atoms with Crippen LogP contribution in [0.1, 0.15) is 5.56 Å². The van der Waals surface area contributed by atoms with Crippen molar-refractivity contribution in [2.45, 2.75) is 6.54 Å². The smallest absolute Gasteiger partial charge is 0.316 e. The average Bonchev–Trinajstić information content (AvgIpc) is 2.78. The van der Waals surface area contributed by atoms with Gasteiger partial charge in [0.15, 0.2) is 0 Å². The molecule has 4 aromatic carbocycles. The quantitative estimate of drug-likeness (QED) is 0.506. The van der Waals surface area contributed by atoms with Gasteiger partial charge in [-0.05, 0) is 29.1 Å². The van der Waals surface area contributed by atoms with Crippen LogP contribution in [-0.2, 0) is 16.1 Å². The van der Waals surface area contributed by atoms with Crippen LogP contribution < -0.4 is 10.2 Å². The third kappa shape index (κ3) is 4.17. The van der Waals surface area contributed by atoms with Gasteiger partial charge in [-0.2, -0.15) is 0 Å². The molecule has 0 fully saturated rings. The van der Waals surface area contributed by atoms with Crippen molar-refractivity contribution in [3.05, 3.63) is 109 Å². The molecule has 2 amide bonds. The van der Waals surface area contributed by atoms with Gasteiger partial charge in [-0.3, -0.25) is 14.5 Å². The summed E-state index contributed by atoms with van der Waals surface area (Å²) in [5.41, 5.74) is 2.24. The molecule has 0 radical (unpaired) electrons. The van der Waals surface area contributed by atoms with E-state index in [0.717, 1.165) is 16.3 Å². The first-order valence-electron chi connectivity index (χ1n) is 9.42. The van der Waals surface area contributed by atoms with Crippen LogP contribution in [0.4, 0.5) is 11.4 Å². The number of anilines is 2. The van der Waals surface area contributed by atoms with Gasteiger partial charge in [0.25, 0.3) is 0 Å². The average molecular weight is 380 g/mol. The minimum atomic E-state index is -0.666. The number of para-hydroxylation sites is 1. The zero-order chi connectivity index (χ0) is 20.1. The van der Waals surface area contributed by atoms with Gasteiger partial charge in [-0.1, -0.05) is 84.9 Å². The molecular weight excluding hydrogens is 360 g/mol. The van der Waals surface area contributed by atoms with Gasteiger partial charge in [0, 0.05) is 16.8 Å². The summed E-state index contributed by atoms with van der Waals surface area (Å²) in [5, 5.41) is 4.69. The molecule has 0 saturated carbocycles. The maximum absolute atomic E-state index is 13.1. The minimum Gasteiger partial charge on any atom is -0.317 e. The number of carbonyl (C=O) groups is 2. The molecule has 0 aliphatic carbocycles. The lowest BCUT2D eigenvalue weighted by Gasteiger charge is -2.22. The standard InChI is InChI=1S/C25H20N2O2/c28-24(26-23-17-9-13-20-12-7-8-16-22(20)23)25(29)27(21-14-5-2-6-15-21)18-19-10-3-1-4-11-19/h1-17H,18H2,(H,26,28). The molecule has 0 heterocycles. The SMILES string of the molecule is O=C(Nc1cccc2ccccc12)C(=O)N(Cc1ccccc1)c1ccccc1. The van der Waals surface area contributed by atoms with Crippen molar-refractivity contribution < 1.29 is 9.59 Å². The van der Waals surface area contributed by atoms with E-state index >= 15 is 0 Å². The highest BCUT2D eigenvalue weighted by atomic mass is 16.2. The molecule has 0 spiro atoms. The molecule has 4 nitrogen and oxygen atoms in total. The highest BCUT2D eigenvalue weighted by Gasteiger charge is 2.24. The summed E-state index contributed by atoms with van der Waals surface area (Å²) in [7, 11) is 0. The van der Waals surface area contributed by atoms with E-state index in [2.05, 4.69) is 5.32 Å². The second-order valence-corrected chi connectivity index (χ2v) is 6.69. The molecule has 0 aliphatic heterocycles. The van der Waals surface area contributed by atoms with Gasteiger partial charge in [-0.15, -0.1) is 0 Å². The van der Waals surface area contributed by atoms with Gasteiger partial charge < -0.3 is 5.32 Å². The molecular formula is C25H20N2O2. The fourth-order valence-electron chi connectivity index (χ4n) is 3.29. The Balaban J connectivity index is 1.62. The molecule has 0 bridgehead atoms. The van der Waals surface area contributed by atoms with Gasteiger partial charge in [0.05, 0.1) is 6.54 Å². The number of benzene rings is 4. The van der Waals surface area contributed by atoms with E-state index in [1.807, 2.05) is 97.1 Å². The first kappa shape index (κ1) is 18.4. The number of nitrogens with one attached hydrogen (secondary N) is 1. The second-order valence-electron chi connectivity index (χ2n) is 6.69. The van der Waals surface area contributed by atoms with Crippen molar-refractivity contribution in [1.82, 2.24) is 0 Å². The van der Waals surface area contributed by atoms with Crippen LogP contribution in [0.5, 0.6) is 0 Å². The number of amides is 2. The highest BCUT2D eigenvalue weighted by Crippen LogP contribution is 2.24. The fraction of sp³-hybridized carbons (Fsp3) is 0.0400. The molecule has 4 heteroatoms. The van der Waals surface area contributed by atoms with E-state index in [0.29, 0.717) is 17.9 Å². The summed E-state index contributed by atoms with van der Waals surface area (Å²) in [4.78, 5) is 27.5. The lowest BCUT2D eigenvalue weighted by Crippen LogP contribution is -2.39. The van der Waals surface area contributed by atoms with Crippen molar-refractivity contribution in [3.63, 3.8) is 0 Å². The third-order valence-electron chi connectivity index (χ3n) is 4.73. The Hall–Kier alpha value is -3.92. The molecule has 142 valence electrons. The van der Waals surface area contributed by atoms with Crippen molar-refractivity contribution in [3.8, 4) is 0 Å². The summed E-state index contributed by atoms with van der Waals surface area (Å²) in [6, 6.07) is 32.2. The van der Waals surface area contributed by atoms with E-state index in [1.165, 1.54) is 4.90 Å². The third-order valence-corrected chi connectivity index (χ3v) is 4.73. The molecule has 4 aromatic rings. The molecule has 0 aliphatic rings. The Morgan fingerprint density at radius 2 is 1.31 bits per heavy atom. The molecule has 0 aromatic heterocycles. The summed E-state index contributed by atoms with van der Waals surface area (Å²) < 4.78 is 0. The van der Waals surface area contributed by atoms with Crippen LogP contribution in [0.15, 0.2) is 103 Å². The molecule has 29 heavy (non-hydrogen) atoms. The van der Waals surface area contributed by atoms with Crippen molar-refractivity contribution >= 4 is 34.0 Å². The lowest BCUT2D eigenvalue weighted by atomic mass is 10.1. The number of fused-ring (bicyclic) bond motifs is 1. The summed E-state index contributed by atoms with van der Waals surface area (Å²) in [6.07, 6.45) is 0. The van der Waals surface area contributed by atoms with Crippen LogP contribution in [0.25, 0.3) is 10.8 Å². The molecule has 1 N–H and O–H groups in total. The number of rotatable bonds is 4. The predicted octanol–water partition coefficient (Wildman–Crippen LogP) is 5.01. The topological polar surface area (TPSA) is 49.4 Å². The number of hydrogen-bond acceptors (Lipinski definition) is 2. The first-order valence-corrected chi connectivity index (χ1v) is 9.42. The van der Waals surface area contributed by atoms with Gasteiger partial charge in [0.1, 0.15) is 0 Å². The fourth-order valence-corrected chi connectivity index (χ4v) is 3.29. The Kier molecular flexibility index (Phi) is 5.34. The van der Waals surface area contributed by atoms with Gasteiger partial charge in [0.2, 0.25) is 0 Å². The monoisotopic (exact) mass is 380 g/mol. The van der Waals surface area contributed by atoms with Crippen molar-refractivity contribution in [2.24, 2.45) is 0 Å². The number of hydrogen-bond donors (Lipinski definition) is 1. The summed E-state index contributed by atoms with van der Waals surface area (Å²) >= 11 is 0. The van der Waals surface area contributed by atoms with Crippen LogP contribution in [-0.4, -0.2) is 11.8 Å². The van der Waals surface area contributed by atoms with Crippen molar-refractivity contribution in [1.29, 1.82) is 0 Å². The van der Waals surface area contributed by atoms with Crippen LogP contribution in [0.2, 0.25) is 0 Å². The van der Waals surface area contributed by atoms with Gasteiger partial charge >= 0.3 is 11.8 Å². The first-order chi connectivity index (χ1) is 14.2. The lowest BCUT2D eigenvalue weighted by molar-refractivity contribution is -0.134. The van der Waals surface area contributed by atoms with E-state index in [4.69, 9.17) is 0 Å². The zero-order valence-electron chi connectivity index (χ0n) is 15.8. The van der Waals surface area contributed by atoms with E-state index in [9.17, 15) is 9.59 Å². The Morgan fingerprint density at radius 1 is 0.690 bits per heavy atom. The van der Waals surface area contributed by atoms with Crippen LogP contribution in [0.3, 0.4) is 0 Å². The second kappa shape index (κ2) is 8.40. The number of nitrogens with zero attached hydrogens (tertiary/aromatic N) is 1.